The normalized spacial score (nSPS) is 14.7. The number of anilines is 9. The van der Waals surface area contributed by atoms with Crippen molar-refractivity contribution in [1.82, 2.24) is 0 Å². The fourth-order valence-electron chi connectivity index (χ4n) is 12.6. The summed E-state index contributed by atoms with van der Waals surface area (Å²) in [5, 5.41) is 3.78. The summed E-state index contributed by atoms with van der Waals surface area (Å²) in [7, 11) is 0. The van der Waals surface area contributed by atoms with Crippen molar-refractivity contribution in [3.63, 3.8) is 0 Å². The quantitative estimate of drug-likeness (QED) is 0.164. The Labute approximate surface area is 426 Å². The highest BCUT2D eigenvalue weighted by molar-refractivity contribution is 7.26. The number of thiophene rings is 2. The number of fused-ring (bicyclic) bond motifs is 12. The van der Waals surface area contributed by atoms with Crippen LogP contribution in [0.4, 0.5) is 49.8 Å². The maximum atomic E-state index is 7.22. The Hall–Kier alpha value is -8.23. The van der Waals surface area contributed by atoms with Crippen molar-refractivity contribution in [2.75, 3.05) is 14.7 Å². The molecule has 0 saturated carbocycles. The standard InChI is InChI=1S/C63H41B2N3O2S2/c1-63(2)43-33-45-54(69-52-30-17-28-48-59(52)64(45)47-35-57(38-19-7-3-8-20-38)72-61(47)67(48)40-23-11-5-12-24-40)36-50(43)66(39-21-9-4-10-22-39)51-37-55-46(34-44(51)63)65-58-42-27-15-16-32-56(42)71-62(58)68(41-25-13-6-14-26-41)49-29-18-31-53(70-55)60(49)65/h3-37H,1-2H3. The molecule has 0 unspecified atom stereocenters. The molecule has 2 aromatic heterocycles. The van der Waals surface area contributed by atoms with Gasteiger partial charge in [-0.1, -0.05) is 141 Å². The van der Waals surface area contributed by atoms with Crippen molar-refractivity contribution in [2.24, 2.45) is 0 Å². The number of ether oxygens (including phenoxy) is 2. The van der Waals surface area contributed by atoms with Crippen LogP contribution in [0.1, 0.15) is 25.0 Å². The Morgan fingerprint density at radius 2 is 0.889 bits per heavy atom. The van der Waals surface area contributed by atoms with Crippen LogP contribution in [0.25, 0.3) is 20.5 Å². The zero-order valence-electron chi connectivity index (χ0n) is 39.3. The van der Waals surface area contributed by atoms with Gasteiger partial charge in [-0.3, -0.25) is 0 Å². The van der Waals surface area contributed by atoms with E-state index in [9.17, 15) is 0 Å². The van der Waals surface area contributed by atoms with Gasteiger partial charge in [-0.2, -0.15) is 0 Å². The summed E-state index contributed by atoms with van der Waals surface area (Å²) >= 11 is 3.75. The Balaban J connectivity index is 0.925. The summed E-state index contributed by atoms with van der Waals surface area (Å²) in [6, 6.07) is 77.5. The van der Waals surface area contributed by atoms with Crippen LogP contribution < -0.4 is 57.0 Å². The molecule has 5 nitrogen and oxygen atoms in total. The van der Waals surface area contributed by atoms with Crippen LogP contribution in [0.2, 0.25) is 0 Å². The minimum Gasteiger partial charge on any atom is -0.458 e. The average Bonchev–Trinajstić information content (AvgIpc) is 4.04. The molecule has 0 atom stereocenters. The van der Waals surface area contributed by atoms with E-state index in [1.807, 2.05) is 22.7 Å². The van der Waals surface area contributed by atoms with Crippen molar-refractivity contribution < 1.29 is 9.47 Å². The van der Waals surface area contributed by atoms with E-state index in [0.29, 0.717) is 0 Å². The monoisotopic (exact) mass is 957 g/mol. The Bertz CT molecular complexity index is 4070. The Kier molecular flexibility index (Phi) is 8.38. The molecule has 7 heterocycles. The first kappa shape index (κ1) is 40.5. The Morgan fingerprint density at radius 3 is 1.49 bits per heavy atom. The highest BCUT2D eigenvalue weighted by atomic mass is 32.1. The third-order valence-corrected chi connectivity index (χ3v) is 18.1. The molecule has 0 spiro atoms. The van der Waals surface area contributed by atoms with Gasteiger partial charge in [-0.15, -0.1) is 22.7 Å². The maximum absolute atomic E-state index is 7.22. The smallest absolute Gasteiger partial charge is 0.258 e. The zero-order chi connectivity index (χ0) is 47.4. The van der Waals surface area contributed by atoms with E-state index >= 15 is 0 Å². The van der Waals surface area contributed by atoms with E-state index in [4.69, 9.17) is 9.47 Å². The molecule has 9 heteroatoms. The van der Waals surface area contributed by atoms with Gasteiger partial charge in [0.15, 0.2) is 0 Å². The molecular formula is C63H41B2N3O2S2. The summed E-state index contributed by atoms with van der Waals surface area (Å²) in [5.41, 5.74) is 18.6. The lowest BCUT2D eigenvalue weighted by atomic mass is 9.34. The molecule has 0 bridgehead atoms. The van der Waals surface area contributed by atoms with E-state index in [-0.39, 0.29) is 13.4 Å². The molecular weight excluding hydrogens is 916 g/mol. The summed E-state index contributed by atoms with van der Waals surface area (Å²) in [5.74, 6) is 3.56. The number of rotatable bonds is 4. The fraction of sp³-hybridized carbons (Fsp3) is 0.0476. The van der Waals surface area contributed by atoms with Gasteiger partial charge >= 0.3 is 0 Å². The number of para-hydroxylation sites is 3. The highest BCUT2D eigenvalue weighted by Crippen LogP contribution is 2.56. The van der Waals surface area contributed by atoms with Crippen LogP contribution in [-0.2, 0) is 5.41 Å². The second kappa shape index (κ2) is 14.9. The minimum absolute atomic E-state index is 0.0452. The molecule has 9 aromatic carbocycles. The first-order valence-electron chi connectivity index (χ1n) is 24.7. The van der Waals surface area contributed by atoms with E-state index in [2.05, 4.69) is 241 Å². The van der Waals surface area contributed by atoms with E-state index < -0.39 is 5.41 Å². The molecule has 0 aliphatic carbocycles. The highest BCUT2D eigenvalue weighted by Gasteiger charge is 2.49. The second-order valence-electron chi connectivity index (χ2n) is 20.0. The largest absolute Gasteiger partial charge is 0.458 e. The molecule has 16 rings (SSSR count). The van der Waals surface area contributed by atoms with Gasteiger partial charge in [0.25, 0.3) is 13.4 Å². The van der Waals surface area contributed by atoms with Crippen LogP contribution in [0.3, 0.4) is 0 Å². The first-order chi connectivity index (χ1) is 35.5. The van der Waals surface area contributed by atoms with Gasteiger partial charge < -0.3 is 24.2 Å². The van der Waals surface area contributed by atoms with Gasteiger partial charge in [-0.05, 0) is 128 Å². The van der Waals surface area contributed by atoms with Crippen LogP contribution in [0.5, 0.6) is 23.0 Å². The van der Waals surface area contributed by atoms with Crippen molar-refractivity contribution in [3.05, 3.63) is 223 Å². The van der Waals surface area contributed by atoms with E-state index in [0.717, 1.165) is 62.8 Å². The van der Waals surface area contributed by atoms with Gasteiger partial charge in [0.05, 0.1) is 21.4 Å². The number of hydrogen-bond acceptors (Lipinski definition) is 7. The third kappa shape index (κ3) is 5.55. The van der Waals surface area contributed by atoms with Gasteiger partial charge in [0.2, 0.25) is 0 Å². The van der Waals surface area contributed by atoms with Crippen molar-refractivity contribution in [2.45, 2.75) is 19.3 Å². The lowest BCUT2D eigenvalue weighted by Crippen LogP contribution is -2.59. The maximum Gasteiger partial charge on any atom is 0.258 e. The summed E-state index contributed by atoms with van der Waals surface area (Å²) in [6.45, 7) is 4.74. The van der Waals surface area contributed by atoms with Crippen molar-refractivity contribution in [3.8, 4) is 33.4 Å². The minimum atomic E-state index is -0.443. The lowest BCUT2D eigenvalue weighted by Gasteiger charge is -2.45. The molecule has 338 valence electrons. The number of nitrogens with zero attached hydrogens (tertiary/aromatic N) is 3. The zero-order valence-corrected chi connectivity index (χ0v) is 41.0. The summed E-state index contributed by atoms with van der Waals surface area (Å²) in [6.07, 6.45) is 0. The predicted molar refractivity (Wildman–Crippen MR) is 304 cm³/mol. The molecule has 0 N–H and O–H groups in total. The van der Waals surface area contributed by atoms with E-state index in [1.54, 1.807) is 0 Å². The molecule has 0 radical (unpaired) electrons. The van der Waals surface area contributed by atoms with Crippen molar-refractivity contribution in [1.29, 1.82) is 0 Å². The fourth-order valence-corrected chi connectivity index (χ4v) is 15.1. The predicted octanol–water partition coefficient (Wildman–Crippen LogP) is 13.5. The molecule has 5 aliphatic heterocycles. The van der Waals surface area contributed by atoms with Gasteiger partial charge in [0, 0.05) is 55.6 Å². The summed E-state index contributed by atoms with van der Waals surface area (Å²) < 4.78 is 15.7. The molecule has 72 heavy (non-hydrogen) atoms. The van der Waals surface area contributed by atoms with Crippen LogP contribution in [0, 0.1) is 0 Å². The van der Waals surface area contributed by atoms with Crippen LogP contribution in [0.15, 0.2) is 212 Å². The van der Waals surface area contributed by atoms with Gasteiger partial charge in [-0.25, -0.2) is 0 Å². The molecule has 11 aromatic rings. The van der Waals surface area contributed by atoms with Crippen molar-refractivity contribution >= 4 is 129 Å². The SMILES string of the molecule is CC1(C)c2cc3c(cc2N(c2ccccc2)c2cc4c(cc21)B1c2c(cccc2N(c2ccccc2)c2sc5ccccc5c21)O4)Oc1cccc2c1B3c1cc(-c3ccccc3)sc1N2c1ccccc1. The topological polar surface area (TPSA) is 28.2 Å². The summed E-state index contributed by atoms with van der Waals surface area (Å²) in [4.78, 5) is 8.61. The lowest BCUT2D eigenvalue weighted by molar-refractivity contribution is 0.485. The number of benzene rings is 9. The second-order valence-corrected chi connectivity index (χ2v) is 22.0. The number of hydrogen-bond donors (Lipinski definition) is 0. The average molecular weight is 958 g/mol. The Morgan fingerprint density at radius 1 is 0.389 bits per heavy atom. The third-order valence-electron chi connectivity index (χ3n) is 15.8. The van der Waals surface area contributed by atoms with Crippen LogP contribution >= 0.6 is 22.7 Å². The molecule has 5 aliphatic rings. The molecule has 0 amide bonds. The first-order valence-corrected chi connectivity index (χ1v) is 26.4. The van der Waals surface area contributed by atoms with E-state index in [1.165, 1.54) is 74.4 Å². The van der Waals surface area contributed by atoms with Gasteiger partial charge in [0.1, 0.15) is 23.0 Å². The van der Waals surface area contributed by atoms with Crippen LogP contribution in [-0.4, -0.2) is 13.4 Å². The molecule has 0 saturated heterocycles. The molecule has 0 fully saturated rings.